The van der Waals surface area contributed by atoms with Gasteiger partial charge in [-0.25, -0.2) is 0 Å². The average Bonchev–Trinajstić information content (AvgIpc) is 3.21. The summed E-state index contributed by atoms with van der Waals surface area (Å²) in [5.41, 5.74) is 1.92. The summed E-state index contributed by atoms with van der Waals surface area (Å²) in [5.74, 6) is 0. The van der Waals surface area contributed by atoms with Crippen LogP contribution in [0.3, 0.4) is 0 Å². The minimum Gasteiger partial charge on any atom is -0.377 e. The number of hydrogen-bond acceptors (Lipinski definition) is 4. The third kappa shape index (κ3) is 4.30. The van der Waals surface area contributed by atoms with Crippen LogP contribution in [-0.2, 0) is 16.0 Å². The predicted molar refractivity (Wildman–Crippen MR) is 84.4 cm³/mol. The molecule has 118 valence electrons. The molecule has 3 rings (SSSR count). The maximum Gasteiger partial charge on any atom is 0.0991 e. The molecule has 4 nitrogen and oxygen atoms in total. The molecule has 2 saturated heterocycles. The lowest BCUT2D eigenvalue weighted by Gasteiger charge is -2.27. The van der Waals surface area contributed by atoms with E-state index in [1.165, 1.54) is 18.4 Å². The molecular formula is C18H24N2O2. The van der Waals surface area contributed by atoms with Gasteiger partial charge in [-0.1, -0.05) is 12.1 Å². The quantitative estimate of drug-likeness (QED) is 0.810. The van der Waals surface area contributed by atoms with Crippen molar-refractivity contribution in [2.45, 2.75) is 44.4 Å². The fraction of sp³-hybridized carbons (Fsp3) is 0.611. The van der Waals surface area contributed by atoms with Crippen LogP contribution >= 0.6 is 0 Å². The molecule has 2 fully saturated rings. The lowest BCUT2D eigenvalue weighted by molar-refractivity contribution is 0.0346. The topological polar surface area (TPSA) is 45.5 Å². The van der Waals surface area contributed by atoms with Gasteiger partial charge in [0.05, 0.1) is 23.8 Å². The van der Waals surface area contributed by atoms with Crippen LogP contribution in [0.15, 0.2) is 24.3 Å². The normalized spacial score (nSPS) is 24.7. The Balaban J connectivity index is 1.64. The highest BCUT2D eigenvalue weighted by Crippen LogP contribution is 2.19. The van der Waals surface area contributed by atoms with Crippen molar-refractivity contribution in [1.29, 1.82) is 5.26 Å². The van der Waals surface area contributed by atoms with Crippen LogP contribution in [0, 0.1) is 11.3 Å². The Morgan fingerprint density at radius 1 is 1.09 bits per heavy atom. The molecule has 0 bridgehead atoms. The van der Waals surface area contributed by atoms with E-state index in [1.54, 1.807) is 0 Å². The molecule has 0 unspecified atom stereocenters. The molecule has 2 aliphatic heterocycles. The van der Waals surface area contributed by atoms with Crippen LogP contribution < -0.4 is 0 Å². The Hall–Kier alpha value is -1.41. The van der Waals surface area contributed by atoms with Crippen molar-refractivity contribution in [2.75, 3.05) is 26.3 Å². The maximum absolute atomic E-state index is 9.05. The van der Waals surface area contributed by atoms with Crippen LogP contribution in [0.25, 0.3) is 0 Å². The molecule has 0 radical (unpaired) electrons. The van der Waals surface area contributed by atoms with Crippen molar-refractivity contribution in [3.05, 3.63) is 35.4 Å². The summed E-state index contributed by atoms with van der Waals surface area (Å²) in [5, 5.41) is 9.05. The molecule has 2 aliphatic rings. The van der Waals surface area contributed by atoms with Gasteiger partial charge in [-0.2, -0.15) is 5.26 Å². The smallest absolute Gasteiger partial charge is 0.0991 e. The van der Waals surface area contributed by atoms with Gasteiger partial charge in [-0.3, -0.25) is 4.90 Å². The molecule has 2 heterocycles. The first-order valence-corrected chi connectivity index (χ1v) is 8.28. The summed E-state index contributed by atoms with van der Waals surface area (Å²) < 4.78 is 11.6. The van der Waals surface area contributed by atoms with Crippen molar-refractivity contribution in [3.8, 4) is 6.07 Å². The molecule has 0 aromatic heterocycles. The van der Waals surface area contributed by atoms with Gasteiger partial charge in [0.15, 0.2) is 0 Å². The van der Waals surface area contributed by atoms with Gasteiger partial charge in [0.1, 0.15) is 0 Å². The molecule has 0 aliphatic carbocycles. The molecule has 0 spiro atoms. The van der Waals surface area contributed by atoms with Gasteiger partial charge in [-0.05, 0) is 43.4 Å². The summed E-state index contributed by atoms with van der Waals surface area (Å²) in [4.78, 5) is 2.43. The number of nitriles is 1. The zero-order valence-electron chi connectivity index (χ0n) is 13.0. The van der Waals surface area contributed by atoms with Crippen molar-refractivity contribution < 1.29 is 9.47 Å². The van der Waals surface area contributed by atoms with Crippen molar-refractivity contribution in [2.24, 2.45) is 0 Å². The number of hydrogen-bond donors (Lipinski definition) is 0. The van der Waals surface area contributed by atoms with E-state index in [2.05, 4.69) is 17.0 Å². The zero-order chi connectivity index (χ0) is 15.2. The van der Waals surface area contributed by atoms with Crippen molar-refractivity contribution in [1.82, 2.24) is 4.90 Å². The van der Waals surface area contributed by atoms with E-state index in [4.69, 9.17) is 14.7 Å². The monoisotopic (exact) mass is 300 g/mol. The highest BCUT2D eigenvalue weighted by atomic mass is 16.5. The van der Waals surface area contributed by atoms with Crippen molar-refractivity contribution in [3.63, 3.8) is 0 Å². The molecule has 1 aromatic carbocycles. The highest BCUT2D eigenvalue weighted by Gasteiger charge is 2.24. The second-order valence-corrected chi connectivity index (χ2v) is 6.28. The predicted octanol–water partition coefficient (Wildman–Crippen LogP) is 2.72. The minimum atomic E-state index is 0.348. The van der Waals surface area contributed by atoms with E-state index in [0.717, 1.165) is 51.3 Å². The van der Waals surface area contributed by atoms with E-state index >= 15 is 0 Å². The van der Waals surface area contributed by atoms with Gasteiger partial charge < -0.3 is 9.47 Å². The van der Waals surface area contributed by atoms with Crippen LogP contribution in [0.1, 0.15) is 36.8 Å². The van der Waals surface area contributed by atoms with E-state index in [1.807, 2.05) is 18.2 Å². The molecule has 1 aromatic rings. The van der Waals surface area contributed by atoms with E-state index in [-0.39, 0.29) is 0 Å². The zero-order valence-corrected chi connectivity index (χ0v) is 13.0. The van der Waals surface area contributed by atoms with E-state index in [0.29, 0.717) is 12.2 Å². The van der Waals surface area contributed by atoms with Crippen LogP contribution in [0.5, 0.6) is 0 Å². The number of rotatable bonds is 6. The first-order chi connectivity index (χ1) is 10.8. The van der Waals surface area contributed by atoms with E-state index in [9.17, 15) is 0 Å². The Kier molecular flexibility index (Phi) is 5.44. The van der Waals surface area contributed by atoms with Gasteiger partial charge >= 0.3 is 0 Å². The van der Waals surface area contributed by atoms with Crippen molar-refractivity contribution >= 4 is 0 Å². The number of ether oxygens (including phenoxy) is 2. The Bertz CT molecular complexity index is 496. The van der Waals surface area contributed by atoms with Crippen LogP contribution in [0.4, 0.5) is 0 Å². The Morgan fingerprint density at radius 3 is 2.32 bits per heavy atom. The minimum absolute atomic E-state index is 0.348. The van der Waals surface area contributed by atoms with Gasteiger partial charge in [0, 0.05) is 32.8 Å². The second kappa shape index (κ2) is 7.73. The van der Waals surface area contributed by atoms with Crippen LogP contribution in [0.2, 0.25) is 0 Å². The van der Waals surface area contributed by atoms with Gasteiger partial charge in [0.2, 0.25) is 0 Å². The van der Waals surface area contributed by atoms with Gasteiger partial charge in [-0.15, -0.1) is 0 Å². The molecule has 0 N–H and O–H groups in total. The first-order valence-electron chi connectivity index (χ1n) is 8.28. The third-order valence-electron chi connectivity index (χ3n) is 4.43. The first kappa shape index (κ1) is 15.5. The van der Waals surface area contributed by atoms with Gasteiger partial charge in [0.25, 0.3) is 0 Å². The standard InChI is InChI=1S/C18H24N2O2/c19-11-15-4-1-5-16(10-15)12-20(13-17-6-2-8-21-17)14-18-7-3-9-22-18/h1,4-5,10,17-18H,2-3,6-9,12-14H2/t17-,18-/m0/s1. The molecule has 0 amide bonds. The Morgan fingerprint density at radius 2 is 1.77 bits per heavy atom. The highest BCUT2D eigenvalue weighted by molar-refractivity contribution is 5.32. The summed E-state index contributed by atoms with van der Waals surface area (Å²) in [6, 6.07) is 10.1. The number of benzene rings is 1. The lowest BCUT2D eigenvalue weighted by Crippen LogP contribution is -2.37. The average molecular weight is 300 g/mol. The molecule has 4 heteroatoms. The molecular weight excluding hydrogens is 276 g/mol. The second-order valence-electron chi connectivity index (χ2n) is 6.28. The largest absolute Gasteiger partial charge is 0.377 e. The third-order valence-corrected chi connectivity index (χ3v) is 4.43. The number of nitrogens with zero attached hydrogens (tertiary/aromatic N) is 2. The summed E-state index contributed by atoms with van der Waals surface area (Å²) in [7, 11) is 0. The summed E-state index contributed by atoms with van der Waals surface area (Å²) in [6.07, 6.45) is 5.34. The fourth-order valence-corrected chi connectivity index (χ4v) is 3.35. The summed E-state index contributed by atoms with van der Waals surface area (Å²) >= 11 is 0. The maximum atomic E-state index is 9.05. The summed E-state index contributed by atoms with van der Waals surface area (Å²) in [6.45, 7) is 4.55. The van der Waals surface area contributed by atoms with E-state index < -0.39 is 0 Å². The lowest BCUT2D eigenvalue weighted by atomic mass is 10.1. The Labute approximate surface area is 132 Å². The van der Waals surface area contributed by atoms with Crippen LogP contribution in [-0.4, -0.2) is 43.4 Å². The fourth-order valence-electron chi connectivity index (χ4n) is 3.35. The SMILES string of the molecule is N#Cc1cccc(CN(C[C@@H]2CCCO2)C[C@@H]2CCCO2)c1. The molecule has 2 atom stereocenters. The molecule has 0 saturated carbocycles. The molecule has 22 heavy (non-hydrogen) atoms.